The second-order valence-electron chi connectivity index (χ2n) is 10.3. The molecular formula is C38H23ClS. The fourth-order valence-electron chi connectivity index (χ4n) is 5.98. The number of hydrogen-bond donors (Lipinski definition) is 0. The standard InChI is InChI=1S/C38H23ClS/c39-29-17-13-25(14-18-29)31-11-6-12-34-36-22-27(16-20-37(36)40-38(31)34)26-15-19-30-28(21-26)23-35(24-7-2-1-3-8-24)33-10-5-4-9-32(30)33/h1-23H. The number of halogens is 1. The molecule has 0 saturated heterocycles. The number of benzene rings is 7. The lowest BCUT2D eigenvalue weighted by atomic mass is 9.91. The van der Waals surface area contributed by atoms with E-state index in [4.69, 9.17) is 11.6 Å². The van der Waals surface area contributed by atoms with Gasteiger partial charge in [-0.2, -0.15) is 0 Å². The zero-order chi connectivity index (χ0) is 26.6. The quantitative estimate of drug-likeness (QED) is 0.193. The first-order chi connectivity index (χ1) is 19.7. The first-order valence-electron chi connectivity index (χ1n) is 13.5. The zero-order valence-electron chi connectivity index (χ0n) is 21.6. The van der Waals surface area contributed by atoms with Gasteiger partial charge in [0, 0.05) is 25.2 Å². The van der Waals surface area contributed by atoms with Crippen LogP contribution < -0.4 is 0 Å². The van der Waals surface area contributed by atoms with Crippen LogP contribution in [0.1, 0.15) is 0 Å². The molecule has 0 aliphatic carbocycles. The highest BCUT2D eigenvalue weighted by Gasteiger charge is 2.13. The van der Waals surface area contributed by atoms with E-state index in [1.807, 2.05) is 23.5 Å². The molecule has 0 fully saturated rings. The van der Waals surface area contributed by atoms with E-state index in [0.717, 1.165) is 5.02 Å². The number of fused-ring (bicyclic) bond motifs is 6. The van der Waals surface area contributed by atoms with Crippen LogP contribution in [-0.4, -0.2) is 0 Å². The summed E-state index contributed by atoms with van der Waals surface area (Å²) < 4.78 is 2.62. The van der Waals surface area contributed by atoms with Crippen molar-refractivity contribution < 1.29 is 0 Å². The van der Waals surface area contributed by atoms with E-state index in [-0.39, 0.29) is 0 Å². The minimum absolute atomic E-state index is 0.760. The summed E-state index contributed by atoms with van der Waals surface area (Å²) in [6.45, 7) is 0. The highest BCUT2D eigenvalue weighted by molar-refractivity contribution is 7.26. The molecule has 40 heavy (non-hydrogen) atoms. The number of rotatable bonds is 3. The van der Waals surface area contributed by atoms with Gasteiger partial charge in [0.1, 0.15) is 0 Å². The number of thiophene rings is 1. The molecule has 0 nitrogen and oxygen atoms in total. The maximum atomic E-state index is 6.16. The third-order valence-electron chi connectivity index (χ3n) is 7.93. The minimum Gasteiger partial charge on any atom is -0.135 e. The van der Waals surface area contributed by atoms with Gasteiger partial charge in [0.25, 0.3) is 0 Å². The van der Waals surface area contributed by atoms with E-state index in [1.54, 1.807) is 0 Å². The Bertz CT molecular complexity index is 2210. The van der Waals surface area contributed by atoms with Gasteiger partial charge in [0.2, 0.25) is 0 Å². The van der Waals surface area contributed by atoms with E-state index in [0.29, 0.717) is 0 Å². The van der Waals surface area contributed by atoms with Crippen LogP contribution in [0.4, 0.5) is 0 Å². The van der Waals surface area contributed by atoms with Gasteiger partial charge in [-0.25, -0.2) is 0 Å². The Kier molecular flexibility index (Phi) is 5.48. The summed E-state index contributed by atoms with van der Waals surface area (Å²) >= 11 is 8.03. The van der Waals surface area contributed by atoms with Gasteiger partial charge in [-0.05, 0) is 91.3 Å². The van der Waals surface area contributed by atoms with E-state index in [2.05, 4.69) is 127 Å². The molecule has 0 aliphatic heterocycles. The lowest BCUT2D eigenvalue weighted by molar-refractivity contribution is 1.66. The third-order valence-corrected chi connectivity index (χ3v) is 9.40. The molecule has 1 aromatic heterocycles. The predicted octanol–water partition coefficient (Wildman–Crippen LogP) is 12.0. The maximum absolute atomic E-state index is 6.16. The molecule has 0 amide bonds. The van der Waals surface area contributed by atoms with Crippen molar-refractivity contribution in [2.24, 2.45) is 0 Å². The summed E-state index contributed by atoms with van der Waals surface area (Å²) in [5.74, 6) is 0. The van der Waals surface area contributed by atoms with Crippen molar-refractivity contribution in [1.82, 2.24) is 0 Å². The van der Waals surface area contributed by atoms with E-state index in [1.165, 1.54) is 75.1 Å². The summed E-state index contributed by atoms with van der Waals surface area (Å²) in [5, 5.41) is 8.49. The largest absolute Gasteiger partial charge is 0.135 e. The Morgan fingerprint density at radius 1 is 0.400 bits per heavy atom. The van der Waals surface area contributed by atoms with E-state index >= 15 is 0 Å². The predicted molar refractivity (Wildman–Crippen MR) is 176 cm³/mol. The SMILES string of the molecule is Clc1ccc(-c2cccc3c2sc2ccc(-c4ccc5c(c4)cc(-c4ccccc4)c4ccccc45)cc23)cc1. The molecule has 0 aliphatic rings. The normalized spacial score (nSPS) is 11.6. The fraction of sp³-hybridized carbons (Fsp3) is 0. The molecule has 8 aromatic rings. The average Bonchev–Trinajstić information content (AvgIpc) is 3.39. The Morgan fingerprint density at radius 2 is 1.07 bits per heavy atom. The molecule has 0 N–H and O–H groups in total. The second-order valence-corrected chi connectivity index (χ2v) is 11.8. The Morgan fingerprint density at radius 3 is 1.93 bits per heavy atom. The van der Waals surface area contributed by atoms with Gasteiger partial charge in [-0.3, -0.25) is 0 Å². The van der Waals surface area contributed by atoms with Crippen molar-refractivity contribution in [2.75, 3.05) is 0 Å². The molecule has 188 valence electrons. The van der Waals surface area contributed by atoms with Gasteiger partial charge in [0.05, 0.1) is 0 Å². The molecule has 0 spiro atoms. The Balaban J connectivity index is 1.30. The minimum atomic E-state index is 0.760. The first-order valence-corrected chi connectivity index (χ1v) is 14.6. The van der Waals surface area contributed by atoms with Crippen LogP contribution in [0.5, 0.6) is 0 Å². The molecule has 0 saturated carbocycles. The molecule has 2 heteroatoms. The van der Waals surface area contributed by atoms with E-state index in [9.17, 15) is 0 Å². The van der Waals surface area contributed by atoms with Gasteiger partial charge in [0.15, 0.2) is 0 Å². The topological polar surface area (TPSA) is 0 Å². The smallest absolute Gasteiger partial charge is 0.0433 e. The van der Waals surface area contributed by atoms with Gasteiger partial charge in [-0.15, -0.1) is 11.3 Å². The van der Waals surface area contributed by atoms with Crippen molar-refractivity contribution in [1.29, 1.82) is 0 Å². The maximum Gasteiger partial charge on any atom is 0.0433 e. The van der Waals surface area contributed by atoms with Crippen LogP contribution in [0.25, 0.3) is 75.1 Å². The molecular weight excluding hydrogens is 524 g/mol. The summed E-state index contributed by atoms with van der Waals surface area (Å²) in [5.41, 5.74) is 7.43. The van der Waals surface area contributed by atoms with Crippen molar-refractivity contribution in [2.45, 2.75) is 0 Å². The summed E-state index contributed by atoms with van der Waals surface area (Å²) in [6, 6.07) is 50.4. The number of hydrogen-bond acceptors (Lipinski definition) is 1. The van der Waals surface area contributed by atoms with Crippen LogP contribution in [-0.2, 0) is 0 Å². The Hall–Kier alpha value is -4.43. The highest BCUT2D eigenvalue weighted by Crippen LogP contribution is 2.42. The molecule has 1 heterocycles. The Labute approximate surface area is 241 Å². The van der Waals surface area contributed by atoms with Gasteiger partial charge < -0.3 is 0 Å². The fourth-order valence-corrected chi connectivity index (χ4v) is 7.33. The molecule has 0 radical (unpaired) electrons. The third kappa shape index (κ3) is 3.82. The molecule has 7 aromatic carbocycles. The van der Waals surface area contributed by atoms with Crippen molar-refractivity contribution in [3.63, 3.8) is 0 Å². The zero-order valence-corrected chi connectivity index (χ0v) is 23.1. The lowest BCUT2D eigenvalue weighted by Crippen LogP contribution is -1.86. The lowest BCUT2D eigenvalue weighted by Gasteiger charge is -2.12. The van der Waals surface area contributed by atoms with Crippen molar-refractivity contribution in [3.05, 3.63) is 145 Å². The monoisotopic (exact) mass is 546 g/mol. The molecule has 0 atom stereocenters. The van der Waals surface area contributed by atoms with Crippen molar-refractivity contribution in [3.8, 4) is 33.4 Å². The van der Waals surface area contributed by atoms with Crippen LogP contribution in [0.2, 0.25) is 5.02 Å². The van der Waals surface area contributed by atoms with E-state index < -0.39 is 0 Å². The van der Waals surface area contributed by atoms with Crippen molar-refractivity contribution >= 4 is 64.7 Å². The summed E-state index contributed by atoms with van der Waals surface area (Å²) in [7, 11) is 0. The van der Waals surface area contributed by atoms with Crippen LogP contribution in [0.15, 0.2) is 140 Å². The average molecular weight is 547 g/mol. The van der Waals surface area contributed by atoms with Gasteiger partial charge >= 0.3 is 0 Å². The van der Waals surface area contributed by atoms with Crippen LogP contribution in [0, 0.1) is 0 Å². The van der Waals surface area contributed by atoms with Gasteiger partial charge in [-0.1, -0.05) is 115 Å². The second kappa shape index (κ2) is 9.34. The van der Waals surface area contributed by atoms with Crippen LogP contribution in [0.3, 0.4) is 0 Å². The molecule has 8 rings (SSSR count). The molecule has 0 bridgehead atoms. The van der Waals surface area contributed by atoms with Crippen LogP contribution >= 0.6 is 22.9 Å². The molecule has 0 unspecified atom stereocenters. The first kappa shape index (κ1) is 23.5. The summed E-state index contributed by atoms with van der Waals surface area (Å²) in [4.78, 5) is 0. The summed E-state index contributed by atoms with van der Waals surface area (Å²) in [6.07, 6.45) is 0. The highest BCUT2D eigenvalue weighted by atomic mass is 35.5.